The Morgan fingerprint density at radius 3 is 2.03 bits per heavy atom. The van der Waals surface area contributed by atoms with Gasteiger partial charge in [0.2, 0.25) is 5.91 Å². The molecule has 29 heavy (non-hydrogen) atoms. The fourth-order valence-electron chi connectivity index (χ4n) is 2.75. The molecule has 3 aromatic rings. The largest absolute Gasteiger partial charge is 0.322 e. The lowest BCUT2D eigenvalue weighted by atomic mass is 10.2. The molecule has 0 heterocycles. The fraction of sp³-hybridized carbons (Fsp3) is 0.136. The lowest BCUT2D eigenvalue weighted by Gasteiger charge is -2.24. The van der Waals surface area contributed by atoms with Gasteiger partial charge >= 0.3 is 0 Å². The Hall–Kier alpha value is -3.19. The molecule has 1 N–H and O–H groups in total. The number of aryl methyl sites for hydroxylation is 2. The third-order valence-electron chi connectivity index (χ3n) is 4.37. The van der Waals surface area contributed by atoms with Crippen molar-refractivity contribution in [2.24, 2.45) is 0 Å². The van der Waals surface area contributed by atoms with E-state index in [1.807, 2.05) is 13.8 Å². The Morgan fingerprint density at radius 1 is 0.897 bits per heavy atom. The van der Waals surface area contributed by atoms with Crippen molar-refractivity contribution >= 4 is 27.3 Å². The molecule has 0 aliphatic carbocycles. The molecule has 7 heteroatoms. The van der Waals surface area contributed by atoms with Crippen molar-refractivity contribution in [3.05, 3.63) is 89.7 Å². The van der Waals surface area contributed by atoms with Crippen LogP contribution >= 0.6 is 0 Å². The molecule has 0 radical (unpaired) electrons. The lowest BCUT2D eigenvalue weighted by Crippen LogP contribution is -2.38. The van der Waals surface area contributed by atoms with Crippen LogP contribution in [0.2, 0.25) is 0 Å². The van der Waals surface area contributed by atoms with Crippen LogP contribution in [0.4, 0.5) is 15.8 Å². The minimum absolute atomic E-state index is 0.00547. The highest BCUT2D eigenvalue weighted by molar-refractivity contribution is 7.92. The number of carbonyl (C=O) groups excluding carboxylic acids is 1. The Labute approximate surface area is 169 Å². The summed E-state index contributed by atoms with van der Waals surface area (Å²) in [4.78, 5) is 12.6. The molecule has 0 saturated heterocycles. The van der Waals surface area contributed by atoms with Crippen LogP contribution in [0.25, 0.3) is 0 Å². The summed E-state index contributed by atoms with van der Waals surface area (Å²) in [6, 6.07) is 18.9. The van der Waals surface area contributed by atoms with Gasteiger partial charge in [-0.2, -0.15) is 0 Å². The van der Waals surface area contributed by atoms with Gasteiger partial charge < -0.3 is 5.32 Å². The number of para-hydroxylation sites is 1. The summed E-state index contributed by atoms with van der Waals surface area (Å²) < 4.78 is 41.4. The van der Waals surface area contributed by atoms with Gasteiger partial charge in [0.25, 0.3) is 10.0 Å². The molecule has 0 bridgehead atoms. The number of nitrogens with one attached hydrogen (secondary N) is 1. The van der Waals surface area contributed by atoms with Crippen molar-refractivity contribution in [3.63, 3.8) is 0 Å². The normalized spacial score (nSPS) is 11.1. The van der Waals surface area contributed by atoms with E-state index < -0.39 is 28.3 Å². The number of nitrogens with zero attached hydrogens (tertiary/aromatic N) is 1. The molecule has 0 aliphatic rings. The summed E-state index contributed by atoms with van der Waals surface area (Å²) in [5.74, 6) is -1.24. The molecule has 0 saturated carbocycles. The fourth-order valence-corrected chi connectivity index (χ4v) is 4.17. The van der Waals surface area contributed by atoms with E-state index in [0.717, 1.165) is 15.4 Å². The lowest BCUT2D eigenvalue weighted by molar-refractivity contribution is -0.114. The van der Waals surface area contributed by atoms with Crippen LogP contribution in [0.3, 0.4) is 0 Å². The maximum Gasteiger partial charge on any atom is 0.264 e. The first-order valence-electron chi connectivity index (χ1n) is 8.98. The maximum atomic E-state index is 13.8. The summed E-state index contributed by atoms with van der Waals surface area (Å²) in [6.07, 6.45) is 0. The van der Waals surface area contributed by atoms with E-state index in [2.05, 4.69) is 5.32 Å². The molecule has 5 nitrogen and oxygen atoms in total. The van der Waals surface area contributed by atoms with Crippen LogP contribution < -0.4 is 9.62 Å². The smallest absolute Gasteiger partial charge is 0.264 e. The zero-order valence-electron chi connectivity index (χ0n) is 16.1. The number of hydrogen-bond donors (Lipinski definition) is 1. The van der Waals surface area contributed by atoms with Gasteiger partial charge in [-0.25, -0.2) is 12.8 Å². The molecule has 0 fully saturated rings. The zero-order valence-corrected chi connectivity index (χ0v) is 16.9. The van der Waals surface area contributed by atoms with Crippen LogP contribution in [-0.2, 0) is 14.8 Å². The number of benzene rings is 3. The maximum absolute atomic E-state index is 13.8. The topological polar surface area (TPSA) is 66.5 Å². The van der Waals surface area contributed by atoms with Crippen LogP contribution in [0.1, 0.15) is 11.1 Å². The molecule has 0 unspecified atom stereocenters. The summed E-state index contributed by atoms with van der Waals surface area (Å²) in [6.45, 7) is 3.25. The molecule has 150 valence electrons. The highest BCUT2D eigenvalue weighted by Gasteiger charge is 2.27. The number of rotatable bonds is 6. The van der Waals surface area contributed by atoms with E-state index in [-0.39, 0.29) is 10.6 Å². The molecule has 0 aromatic heterocycles. The van der Waals surface area contributed by atoms with E-state index in [1.165, 1.54) is 30.3 Å². The third kappa shape index (κ3) is 4.81. The zero-order chi connectivity index (χ0) is 21.0. The van der Waals surface area contributed by atoms with E-state index in [1.54, 1.807) is 42.5 Å². The molecule has 3 rings (SSSR count). The number of hydrogen-bond acceptors (Lipinski definition) is 3. The molecular formula is C22H21FN2O3S. The molecule has 3 aromatic carbocycles. The van der Waals surface area contributed by atoms with Crippen molar-refractivity contribution in [3.8, 4) is 0 Å². The Morgan fingerprint density at radius 2 is 1.45 bits per heavy atom. The molecule has 0 spiro atoms. The van der Waals surface area contributed by atoms with Gasteiger partial charge in [0.1, 0.15) is 12.4 Å². The SMILES string of the molecule is Cc1ccc(N(CC(=O)Nc2ccccc2F)S(=O)(=O)c2ccc(C)cc2)cc1. The van der Waals surface area contributed by atoms with E-state index >= 15 is 0 Å². The first kappa shape index (κ1) is 20.5. The summed E-state index contributed by atoms with van der Waals surface area (Å²) in [7, 11) is -4.00. The summed E-state index contributed by atoms with van der Waals surface area (Å²) >= 11 is 0. The molecule has 0 aliphatic heterocycles. The Bertz CT molecular complexity index is 1110. The average Bonchev–Trinajstić information content (AvgIpc) is 2.69. The molecular weight excluding hydrogens is 391 g/mol. The minimum atomic E-state index is -4.00. The van der Waals surface area contributed by atoms with Gasteiger partial charge in [-0.05, 0) is 50.2 Å². The predicted octanol–water partition coefficient (Wildman–Crippen LogP) is 4.28. The average molecular weight is 412 g/mol. The second-order valence-corrected chi connectivity index (χ2v) is 8.55. The first-order valence-corrected chi connectivity index (χ1v) is 10.4. The summed E-state index contributed by atoms with van der Waals surface area (Å²) in [5.41, 5.74) is 2.22. The molecule has 1 amide bonds. The monoisotopic (exact) mass is 412 g/mol. The van der Waals surface area contributed by atoms with E-state index in [0.29, 0.717) is 5.69 Å². The standard InChI is InChI=1S/C22H21FN2O3S/c1-16-7-11-18(12-8-16)25(29(27,28)19-13-9-17(2)10-14-19)15-22(26)24-21-6-4-3-5-20(21)23/h3-14H,15H2,1-2H3,(H,24,26). The second-order valence-electron chi connectivity index (χ2n) is 6.69. The van der Waals surface area contributed by atoms with Crippen LogP contribution in [0, 0.1) is 19.7 Å². The van der Waals surface area contributed by atoms with Gasteiger partial charge in [-0.3, -0.25) is 9.10 Å². The highest BCUT2D eigenvalue weighted by Crippen LogP contribution is 2.24. The minimum Gasteiger partial charge on any atom is -0.322 e. The van der Waals surface area contributed by atoms with Crippen molar-refractivity contribution in [1.82, 2.24) is 0 Å². The van der Waals surface area contributed by atoms with Crippen LogP contribution in [0.5, 0.6) is 0 Å². The van der Waals surface area contributed by atoms with Crippen molar-refractivity contribution < 1.29 is 17.6 Å². The Kier molecular flexibility index (Phi) is 5.98. The second kappa shape index (κ2) is 8.45. The van der Waals surface area contributed by atoms with Crippen molar-refractivity contribution in [2.45, 2.75) is 18.7 Å². The number of halogens is 1. The van der Waals surface area contributed by atoms with E-state index in [4.69, 9.17) is 0 Å². The third-order valence-corrected chi connectivity index (χ3v) is 6.15. The van der Waals surface area contributed by atoms with Crippen LogP contribution in [-0.4, -0.2) is 20.9 Å². The number of amides is 1. The Balaban J connectivity index is 1.95. The van der Waals surface area contributed by atoms with Crippen molar-refractivity contribution in [1.29, 1.82) is 0 Å². The van der Waals surface area contributed by atoms with Gasteiger partial charge in [0, 0.05) is 0 Å². The van der Waals surface area contributed by atoms with Gasteiger partial charge in [-0.1, -0.05) is 47.5 Å². The number of anilines is 2. The number of sulfonamides is 1. The van der Waals surface area contributed by atoms with Gasteiger partial charge in [0.15, 0.2) is 0 Å². The van der Waals surface area contributed by atoms with Crippen molar-refractivity contribution in [2.75, 3.05) is 16.2 Å². The summed E-state index contributed by atoms with van der Waals surface area (Å²) in [5, 5.41) is 2.43. The van der Waals surface area contributed by atoms with Gasteiger partial charge in [0.05, 0.1) is 16.3 Å². The van der Waals surface area contributed by atoms with Gasteiger partial charge in [-0.15, -0.1) is 0 Å². The van der Waals surface area contributed by atoms with E-state index in [9.17, 15) is 17.6 Å². The predicted molar refractivity (Wildman–Crippen MR) is 112 cm³/mol. The first-order chi connectivity index (χ1) is 13.8. The quantitative estimate of drug-likeness (QED) is 0.657. The number of carbonyl (C=O) groups is 1. The van der Waals surface area contributed by atoms with Crippen LogP contribution in [0.15, 0.2) is 77.7 Å². The molecule has 0 atom stereocenters. The highest BCUT2D eigenvalue weighted by atomic mass is 32.2.